The second-order valence-electron chi connectivity index (χ2n) is 5.53. The Hall–Kier alpha value is -0.980. The molecule has 4 nitrogen and oxygen atoms in total. The SMILES string of the molecule is CC/C=C(/C(CCCC)OS(C)(=O)=O)S(=O)c1ccc(C)cc1. The smallest absolute Gasteiger partial charge is 0.261 e. The van der Waals surface area contributed by atoms with Crippen molar-refractivity contribution in [3.8, 4) is 0 Å². The summed E-state index contributed by atoms with van der Waals surface area (Å²) in [7, 11) is -5.04. The molecule has 0 aromatic heterocycles. The van der Waals surface area contributed by atoms with E-state index in [1.165, 1.54) is 0 Å². The van der Waals surface area contributed by atoms with Crippen LogP contribution in [0.25, 0.3) is 0 Å². The maximum absolute atomic E-state index is 12.9. The number of hydrogen-bond donors (Lipinski definition) is 0. The van der Waals surface area contributed by atoms with Crippen LogP contribution in [0.1, 0.15) is 45.1 Å². The molecular formula is C17H26O4S2. The number of hydrogen-bond acceptors (Lipinski definition) is 4. The maximum Gasteiger partial charge on any atom is 0.264 e. The van der Waals surface area contributed by atoms with E-state index in [0.717, 1.165) is 24.7 Å². The molecule has 1 aromatic rings. The van der Waals surface area contributed by atoms with Gasteiger partial charge < -0.3 is 0 Å². The van der Waals surface area contributed by atoms with Gasteiger partial charge in [-0.1, -0.05) is 50.5 Å². The van der Waals surface area contributed by atoms with Gasteiger partial charge in [-0.15, -0.1) is 0 Å². The van der Waals surface area contributed by atoms with Crippen LogP contribution in [0.2, 0.25) is 0 Å². The van der Waals surface area contributed by atoms with Crippen molar-refractivity contribution in [3.05, 3.63) is 40.8 Å². The number of aryl methyl sites for hydroxylation is 1. The topological polar surface area (TPSA) is 60.4 Å². The highest BCUT2D eigenvalue weighted by Crippen LogP contribution is 2.25. The molecule has 0 fully saturated rings. The van der Waals surface area contributed by atoms with E-state index in [1.807, 2.05) is 51.1 Å². The normalized spacial score (nSPS) is 15.4. The molecule has 0 heterocycles. The first-order chi connectivity index (χ1) is 10.8. The van der Waals surface area contributed by atoms with Crippen molar-refractivity contribution in [1.82, 2.24) is 0 Å². The Labute approximate surface area is 142 Å². The van der Waals surface area contributed by atoms with Gasteiger partial charge in [-0.2, -0.15) is 8.42 Å². The molecule has 23 heavy (non-hydrogen) atoms. The third kappa shape index (κ3) is 6.97. The minimum atomic E-state index is -3.61. The van der Waals surface area contributed by atoms with E-state index in [-0.39, 0.29) is 0 Å². The fraction of sp³-hybridized carbons (Fsp3) is 0.529. The Morgan fingerprint density at radius 1 is 1.26 bits per heavy atom. The van der Waals surface area contributed by atoms with Gasteiger partial charge in [-0.3, -0.25) is 4.18 Å². The highest BCUT2D eigenvalue weighted by atomic mass is 32.2. The maximum atomic E-state index is 12.9. The molecule has 0 bridgehead atoms. The van der Waals surface area contributed by atoms with Crippen molar-refractivity contribution in [3.63, 3.8) is 0 Å². The number of unbranched alkanes of at least 4 members (excludes halogenated alkanes) is 1. The van der Waals surface area contributed by atoms with Crippen LogP contribution in [0.3, 0.4) is 0 Å². The molecule has 0 saturated heterocycles. The lowest BCUT2D eigenvalue weighted by atomic mass is 10.1. The van der Waals surface area contributed by atoms with Crippen LogP contribution in [0.5, 0.6) is 0 Å². The molecule has 0 aliphatic rings. The molecule has 130 valence electrons. The van der Waals surface area contributed by atoms with Crippen LogP contribution >= 0.6 is 0 Å². The molecule has 0 aliphatic carbocycles. The first-order valence-corrected chi connectivity index (χ1v) is 10.8. The van der Waals surface area contributed by atoms with Crippen molar-refractivity contribution in [2.75, 3.05) is 6.26 Å². The number of allylic oxidation sites excluding steroid dienone is 1. The number of rotatable bonds is 9. The zero-order chi connectivity index (χ0) is 17.5. The standard InChI is InChI=1S/C17H26O4S2/c1-5-7-9-16(21-23(4,19)20)17(8-6-2)22(18)15-12-10-14(3)11-13-15/h8,10-13,16H,5-7,9H2,1-4H3/b17-8-. The van der Waals surface area contributed by atoms with Crippen molar-refractivity contribution < 1.29 is 16.8 Å². The summed E-state index contributed by atoms with van der Waals surface area (Å²) in [5, 5.41) is 0. The molecule has 0 saturated carbocycles. The van der Waals surface area contributed by atoms with Gasteiger partial charge in [-0.25, -0.2) is 4.21 Å². The third-order valence-corrected chi connectivity index (χ3v) is 5.42. The minimum absolute atomic E-state index is 0.535. The highest BCUT2D eigenvalue weighted by Gasteiger charge is 2.24. The molecule has 1 rings (SSSR count). The largest absolute Gasteiger partial charge is 0.264 e. The minimum Gasteiger partial charge on any atom is -0.261 e. The Morgan fingerprint density at radius 3 is 2.35 bits per heavy atom. The Balaban J connectivity index is 3.15. The van der Waals surface area contributed by atoms with E-state index < -0.39 is 27.0 Å². The second kappa shape index (κ2) is 9.35. The fourth-order valence-corrected chi connectivity index (χ4v) is 4.22. The summed E-state index contributed by atoms with van der Waals surface area (Å²) < 4.78 is 41.3. The first-order valence-electron chi connectivity index (χ1n) is 7.85. The zero-order valence-corrected chi connectivity index (χ0v) is 15.9. The van der Waals surface area contributed by atoms with E-state index >= 15 is 0 Å². The van der Waals surface area contributed by atoms with Crippen LogP contribution in [-0.4, -0.2) is 25.0 Å². The molecule has 0 radical (unpaired) electrons. The molecule has 0 aliphatic heterocycles. The zero-order valence-electron chi connectivity index (χ0n) is 14.2. The molecule has 1 aromatic carbocycles. The van der Waals surface area contributed by atoms with Crippen LogP contribution < -0.4 is 0 Å². The summed E-state index contributed by atoms with van der Waals surface area (Å²) in [6.07, 6.45) is 5.11. The lowest BCUT2D eigenvalue weighted by molar-refractivity contribution is 0.239. The lowest BCUT2D eigenvalue weighted by Crippen LogP contribution is -2.22. The van der Waals surface area contributed by atoms with Crippen LogP contribution in [0, 0.1) is 6.92 Å². The predicted molar refractivity (Wildman–Crippen MR) is 95.2 cm³/mol. The Morgan fingerprint density at radius 2 is 1.87 bits per heavy atom. The van der Waals surface area contributed by atoms with Crippen LogP contribution in [-0.2, 0) is 25.1 Å². The molecule has 0 N–H and O–H groups in total. The monoisotopic (exact) mass is 358 g/mol. The van der Waals surface area contributed by atoms with Gasteiger partial charge in [0.15, 0.2) is 0 Å². The molecule has 2 unspecified atom stereocenters. The van der Waals surface area contributed by atoms with Gasteiger partial charge in [0.25, 0.3) is 10.1 Å². The molecule has 2 atom stereocenters. The average molecular weight is 359 g/mol. The lowest BCUT2D eigenvalue weighted by Gasteiger charge is -2.19. The summed E-state index contributed by atoms with van der Waals surface area (Å²) >= 11 is 0. The number of benzene rings is 1. The molecular weight excluding hydrogens is 332 g/mol. The van der Waals surface area contributed by atoms with Gasteiger partial charge in [0, 0.05) is 9.80 Å². The fourth-order valence-electron chi connectivity index (χ4n) is 2.16. The summed E-state index contributed by atoms with van der Waals surface area (Å²) in [5.41, 5.74) is 1.08. The Bertz CT molecular complexity index is 646. The van der Waals surface area contributed by atoms with Crippen molar-refractivity contribution in [2.45, 2.75) is 57.5 Å². The van der Waals surface area contributed by atoms with Crippen molar-refractivity contribution in [2.24, 2.45) is 0 Å². The van der Waals surface area contributed by atoms with E-state index in [2.05, 4.69) is 0 Å². The summed E-state index contributed by atoms with van der Waals surface area (Å²) in [6, 6.07) is 7.42. The van der Waals surface area contributed by atoms with Gasteiger partial charge in [0.05, 0.1) is 17.1 Å². The summed E-state index contributed by atoms with van der Waals surface area (Å²) in [5.74, 6) is 0. The molecule has 0 spiro atoms. The van der Waals surface area contributed by atoms with Gasteiger partial charge in [0.2, 0.25) is 0 Å². The van der Waals surface area contributed by atoms with E-state index in [1.54, 1.807) is 0 Å². The van der Waals surface area contributed by atoms with E-state index in [4.69, 9.17) is 4.18 Å². The molecule has 0 amide bonds. The van der Waals surface area contributed by atoms with Crippen LogP contribution in [0.4, 0.5) is 0 Å². The average Bonchev–Trinajstić information content (AvgIpc) is 2.48. The third-order valence-electron chi connectivity index (χ3n) is 3.28. The van der Waals surface area contributed by atoms with Gasteiger partial charge in [0.1, 0.15) is 6.10 Å². The summed E-state index contributed by atoms with van der Waals surface area (Å²) in [4.78, 5) is 1.20. The summed E-state index contributed by atoms with van der Waals surface area (Å²) in [6.45, 7) is 5.92. The van der Waals surface area contributed by atoms with Crippen LogP contribution in [0.15, 0.2) is 40.1 Å². The van der Waals surface area contributed by atoms with Gasteiger partial charge >= 0.3 is 0 Å². The van der Waals surface area contributed by atoms with Crippen molar-refractivity contribution in [1.29, 1.82) is 0 Å². The first kappa shape index (κ1) is 20.1. The van der Waals surface area contributed by atoms with Crippen molar-refractivity contribution >= 4 is 20.9 Å². The Kier molecular flexibility index (Phi) is 8.16. The predicted octanol–water partition coefficient (Wildman–Crippen LogP) is 3.93. The molecule has 6 heteroatoms. The van der Waals surface area contributed by atoms with E-state index in [9.17, 15) is 12.6 Å². The highest BCUT2D eigenvalue weighted by molar-refractivity contribution is 7.89. The quantitative estimate of drug-likeness (QED) is 0.628. The van der Waals surface area contributed by atoms with E-state index in [0.29, 0.717) is 22.6 Å². The van der Waals surface area contributed by atoms with Gasteiger partial charge in [-0.05, 0) is 31.9 Å². The second-order valence-corrected chi connectivity index (χ2v) is 8.61.